The van der Waals surface area contributed by atoms with Crippen LogP contribution in [0.3, 0.4) is 0 Å². The molecule has 262 valence electrons. The summed E-state index contributed by atoms with van der Waals surface area (Å²) in [5, 5.41) is 10.1. The van der Waals surface area contributed by atoms with Crippen molar-refractivity contribution in [1.82, 2.24) is 4.57 Å². The quantitative estimate of drug-likeness (QED) is 0.156. The Morgan fingerprint density at radius 1 is 0.286 bits per heavy atom. The Balaban J connectivity index is 1.12. The third kappa shape index (κ3) is 5.19. The molecule has 0 spiro atoms. The second-order valence-electron chi connectivity index (χ2n) is 14.5. The van der Waals surface area contributed by atoms with Gasteiger partial charge in [-0.15, -0.1) is 0 Å². The standard InChI is InChI=1S/C54H36N2/c1-2-16-37(17-3-1)43-22-8-11-29-52(43)55(42-32-33-48-46-25-5-4-23-44(46)45-24-6-7-26-47(45)51(48)36-42)40-20-14-18-38(34-40)39-19-15-21-41(35-39)56-53-30-12-9-27-49(53)50-28-10-13-31-54(50)56/h1-36H. The highest BCUT2D eigenvalue weighted by atomic mass is 15.1. The smallest absolute Gasteiger partial charge is 0.0541 e. The molecule has 0 radical (unpaired) electrons. The van der Waals surface area contributed by atoms with Gasteiger partial charge in [0.25, 0.3) is 0 Å². The molecule has 0 saturated heterocycles. The zero-order valence-electron chi connectivity index (χ0n) is 30.7. The van der Waals surface area contributed by atoms with Crippen molar-refractivity contribution in [1.29, 1.82) is 0 Å². The summed E-state index contributed by atoms with van der Waals surface area (Å²) >= 11 is 0. The highest BCUT2D eigenvalue weighted by molar-refractivity contribution is 6.26. The Labute approximate surface area is 325 Å². The van der Waals surface area contributed by atoms with Crippen LogP contribution in [0.5, 0.6) is 0 Å². The summed E-state index contributed by atoms with van der Waals surface area (Å²) in [4.78, 5) is 2.44. The zero-order valence-corrected chi connectivity index (χ0v) is 30.7. The van der Waals surface area contributed by atoms with Gasteiger partial charge in [0.15, 0.2) is 0 Å². The number of nitrogens with zero attached hydrogens (tertiary/aromatic N) is 2. The van der Waals surface area contributed by atoms with Crippen molar-refractivity contribution in [2.24, 2.45) is 0 Å². The number of para-hydroxylation sites is 3. The molecule has 0 saturated carbocycles. The number of anilines is 3. The van der Waals surface area contributed by atoms with E-state index in [1.807, 2.05) is 0 Å². The topological polar surface area (TPSA) is 8.17 Å². The molecule has 0 bridgehead atoms. The van der Waals surface area contributed by atoms with Crippen molar-refractivity contribution in [2.45, 2.75) is 0 Å². The van der Waals surface area contributed by atoms with E-state index < -0.39 is 0 Å². The van der Waals surface area contributed by atoms with Gasteiger partial charge >= 0.3 is 0 Å². The monoisotopic (exact) mass is 712 g/mol. The van der Waals surface area contributed by atoms with Crippen LogP contribution in [0.1, 0.15) is 0 Å². The Hall–Kier alpha value is -7.42. The molecule has 11 rings (SSSR count). The summed E-state index contributed by atoms with van der Waals surface area (Å²) in [6.07, 6.45) is 0. The molecule has 2 nitrogen and oxygen atoms in total. The average Bonchev–Trinajstić information content (AvgIpc) is 3.62. The summed E-state index contributed by atoms with van der Waals surface area (Å²) in [7, 11) is 0. The van der Waals surface area contributed by atoms with Gasteiger partial charge < -0.3 is 9.47 Å². The summed E-state index contributed by atoms with van der Waals surface area (Å²) < 4.78 is 2.39. The van der Waals surface area contributed by atoms with Gasteiger partial charge in [-0.1, -0.05) is 164 Å². The number of hydrogen-bond donors (Lipinski definition) is 0. The number of rotatable bonds is 6. The first kappa shape index (κ1) is 32.0. The van der Waals surface area contributed by atoms with Gasteiger partial charge in [-0.25, -0.2) is 0 Å². The fraction of sp³-hybridized carbons (Fsp3) is 0. The van der Waals surface area contributed by atoms with Gasteiger partial charge in [-0.3, -0.25) is 0 Å². The lowest BCUT2D eigenvalue weighted by atomic mass is 9.93. The van der Waals surface area contributed by atoms with E-state index in [1.165, 1.54) is 70.8 Å². The predicted octanol–water partition coefficient (Wildman–Crippen LogP) is 15.0. The maximum atomic E-state index is 2.44. The third-order valence-electron chi connectivity index (χ3n) is 11.3. The Morgan fingerprint density at radius 3 is 1.45 bits per heavy atom. The minimum Gasteiger partial charge on any atom is -0.310 e. The van der Waals surface area contributed by atoms with Gasteiger partial charge in [0.1, 0.15) is 0 Å². The molecule has 2 heteroatoms. The van der Waals surface area contributed by atoms with Crippen LogP contribution in [0.2, 0.25) is 0 Å². The second-order valence-corrected chi connectivity index (χ2v) is 14.5. The molecule has 0 aliphatic carbocycles. The molecule has 56 heavy (non-hydrogen) atoms. The van der Waals surface area contributed by atoms with Crippen molar-refractivity contribution < 1.29 is 0 Å². The Kier molecular flexibility index (Phi) is 7.53. The van der Waals surface area contributed by atoms with E-state index in [1.54, 1.807) is 0 Å². The molecule has 10 aromatic carbocycles. The Morgan fingerprint density at radius 2 is 0.768 bits per heavy atom. The molecule has 0 unspecified atom stereocenters. The van der Waals surface area contributed by atoms with Crippen LogP contribution in [0, 0.1) is 0 Å². The Bertz CT molecular complexity index is 3180. The van der Waals surface area contributed by atoms with Crippen LogP contribution in [-0.4, -0.2) is 4.57 Å². The molecular weight excluding hydrogens is 677 g/mol. The van der Waals surface area contributed by atoms with E-state index >= 15 is 0 Å². The number of aromatic nitrogens is 1. The van der Waals surface area contributed by atoms with Crippen LogP contribution in [-0.2, 0) is 0 Å². The number of hydrogen-bond acceptors (Lipinski definition) is 1. The van der Waals surface area contributed by atoms with Crippen LogP contribution in [0.25, 0.3) is 82.1 Å². The second kappa shape index (κ2) is 13.2. The zero-order chi connectivity index (χ0) is 37.0. The normalized spacial score (nSPS) is 11.6. The van der Waals surface area contributed by atoms with E-state index in [2.05, 4.69) is 228 Å². The molecule has 0 atom stereocenters. The lowest BCUT2D eigenvalue weighted by Gasteiger charge is -2.29. The van der Waals surface area contributed by atoms with E-state index in [0.717, 1.165) is 28.3 Å². The molecule has 1 heterocycles. The first-order chi connectivity index (χ1) is 27.8. The lowest BCUT2D eigenvalue weighted by molar-refractivity contribution is 1.18. The SMILES string of the molecule is c1ccc(-c2ccccc2N(c2cccc(-c3cccc(-n4c5ccccc5c5ccccc54)c3)c2)c2ccc3c4ccccc4c4ccccc4c3c2)cc1. The maximum absolute atomic E-state index is 2.44. The largest absolute Gasteiger partial charge is 0.310 e. The maximum Gasteiger partial charge on any atom is 0.0541 e. The van der Waals surface area contributed by atoms with Crippen LogP contribution in [0.4, 0.5) is 17.1 Å². The first-order valence-corrected chi connectivity index (χ1v) is 19.3. The fourth-order valence-corrected chi connectivity index (χ4v) is 8.84. The van der Waals surface area contributed by atoms with Crippen molar-refractivity contribution in [3.8, 4) is 27.9 Å². The van der Waals surface area contributed by atoms with Gasteiger partial charge in [-0.05, 0) is 104 Å². The van der Waals surface area contributed by atoms with Crippen molar-refractivity contribution >= 4 is 71.2 Å². The highest BCUT2D eigenvalue weighted by Gasteiger charge is 2.20. The molecular formula is C54H36N2. The van der Waals surface area contributed by atoms with Crippen LogP contribution in [0.15, 0.2) is 218 Å². The van der Waals surface area contributed by atoms with E-state index in [0.29, 0.717) is 0 Å². The summed E-state index contributed by atoms with van der Waals surface area (Å²) in [6.45, 7) is 0. The molecule has 11 aromatic rings. The van der Waals surface area contributed by atoms with Crippen molar-refractivity contribution in [3.63, 3.8) is 0 Å². The minimum absolute atomic E-state index is 1.09. The lowest BCUT2D eigenvalue weighted by Crippen LogP contribution is -2.11. The summed E-state index contributed by atoms with van der Waals surface area (Å²) in [6, 6.07) is 79.5. The molecule has 0 fully saturated rings. The minimum atomic E-state index is 1.09. The average molecular weight is 713 g/mol. The van der Waals surface area contributed by atoms with E-state index in [9.17, 15) is 0 Å². The molecule has 1 aromatic heterocycles. The molecule has 0 aliphatic heterocycles. The third-order valence-corrected chi connectivity index (χ3v) is 11.3. The van der Waals surface area contributed by atoms with E-state index in [4.69, 9.17) is 0 Å². The molecule has 0 N–H and O–H groups in total. The van der Waals surface area contributed by atoms with Crippen molar-refractivity contribution in [3.05, 3.63) is 218 Å². The number of benzene rings is 10. The summed E-state index contributed by atoms with van der Waals surface area (Å²) in [5.74, 6) is 0. The van der Waals surface area contributed by atoms with Gasteiger partial charge in [0.2, 0.25) is 0 Å². The summed E-state index contributed by atoms with van der Waals surface area (Å²) in [5.41, 5.74) is 11.6. The first-order valence-electron chi connectivity index (χ1n) is 19.3. The molecule has 0 amide bonds. The highest BCUT2D eigenvalue weighted by Crippen LogP contribution is 2.44. The van der Waals surface area contributed by atoms with Gasteiger partial charge in [0.05, 0.1) is 16.7 Å². The van der Waals surface area contributed by atoms with Gasteiger partial charge in [-0.2, -0.15) is 0 Å². The van der Waals surface area contributed by atoms with Crippen molar-refractivity contribution in [2.75, 3.05) is 4.90 Å². The van der Waals surface area contributed by atoms with Crippen LogP contribution < -0.4 is 4.90 Å². The number of fused-ring (bicyclic) bond motifs is 9. The van der Waals surface area contributed by atoms with E-state index in [-0.39, 0.29) is 0 Å². The fourth-order valence-electron chi connectivity index (χ4n) is 8.84. The molecule has 0 aliphatic rings. The van der Waals surface area contributed by atoms with Gasteiger partial charge in [0, 0.05) is 33.4 Å². The van der Waals surface area contributed by atoms with Crippen LogP contribution >= 0.6 is 0 Å². The predicted molar refractivity (Wildman–Crippen MR) is 239 cm³/mol.